The number of carbonyl (C=O) groups excluding carboxylic acids is 1. The third-order valence-corrected chi connectivity index (χ3v) is 3.73. The van der Waals surface area contributed by atoms with Crippen LogP contribution in [0.4, 0.5) is 0 Å². The largest absolute Gasteiger partial charge is 0.333 e. The average molecular weight is 288 g/mol. The molecule has 0 aromatic carbocycles. The molecule has 0 bridgehead atoms. The number of nitrogens with one attached hydrogen (secondary N) is 1. The Kier molecular flexibility index (Phi) is 5.47. The molecule has 1 N–H and O–H groups in total. The fourth-order valence-electron chi connectivity index (χ4n) is 2.19. The first kappa shape index (κ1) is 15.7. The Morgan fingerprint density at radius 1 is 1.33 bits per heavy atom. The maximum absolute atomic E-state index is 12.7. The summed E-state index contributed by atoms with van der Waals surface area (Å²) in [5, 5.41) is 3.19. The second kappa shape index (κ2) is 7.33. The van der Waals surface area contributed by atoms with Crippen LogP contribution in [0.25, 0.3) is 0 Å². The SMILES string of the molecule is CC(C(=O)N(CCN(C)C)Cc1cccnc1)=C1CNC1. The standard InChI is InChI=1S/C16H24N4O/c1-13(15-10-18-11-15)16(21)20(8-7-19(2)3)12-14-5-4-6-17-9-14/h4-6,9,18H,7-8,10-12H2,1-3H3. The van der Waals surface area contributed by atoms with Gasteiger partial charge in [0.25, 0.3) is 0 Å². The zero-order valence-corrected chi connectivity index (χ0v) is 13.1. The van der Waals surface area contributed by atoms with Gasteiger partial charge in [-0.1, -0.05) is 6.07 Å². The Labute approximate surface area is 126 Å². The van der Waals surface area contributed by atoms with Crippen LogP contribution >= 0.6 is 0 Å². The first-order valence-electron chi connectivity index (χ1n) is 7.30. The first-order valence-corrected chi connectivity index (χ1v) is 7.30. The van der Waals surface area contributed by atoms with Crippen LogP contribution in [-0.2, 0) is 11.3 Å². The van der Waals surface area contributed by atoms with Crippen LogP contribution in [0, 0.1) is 0 Å². The van der Waals surface area contributed by atoms with Gasteiger partial charge in [0, 0.05) is 50.7 Å². The molecule has 1 aliphatic rings. The number of carbonyl (C=O) groups is 1. The molecular weight excluding hydrogens is 264 g/mol. The first-order chi connectivity index (χ1) is 10.1. The summed E-state index contributed by atoms with van der Waals surface area (Å²) in [6.07, 6.45) is 3.58. The number of rotatable bonds is 6. The molecular formula is C16H24N4O. The van der Waals surface area contributed by atoms with Gasteiger partial charge in [0.1, 0.15) is 0 Å². The molecule has 0 saturated carbocycles. The second-order valence-corrected chi connectivity index (χ2v) is 5.72. The van der Waals surface area contributed by atoms with E-state index < -0.39 is 0 Å². The summed E-state index contributed by atoms with van der Waals surface area (Å²) in [5.74, 6) is 0.136. The van der Waals surface area contributed by atoms with Crippen molar-refractivity contribution in [3.05, 3.63) is 41.2 Å². The van der Waals surface area contributed by atoms with E-state index >= 15 is 0 Å². The lowest BCUT2D eigenvalue weighted by Crippen LogP contribution is -2.40. The smallest absolute Gasteiger partial charge is 0.249 e. The number of hydrogen-bond donors (Lipinski definition) is 1. The van der Waals surface area contributed by atoms with Gasteiger partial charge in [-0.15, -0.1) is 0 Å². The van der Waals surface area contributed by atoms with Crippen molar-refractivity contribution in [1.29, 1.82) is 0 Å². The Morgan fingerprint density at radius 3 is 2.62 bits per heavy atom. The van der Waals surface area contributed by atoms with Gasteiger partial charge in [0.15, 0.2) is 0 Å². The molecule has 5 heteroatoms. The molecule has 1 aromatic heterocycles. The molecule has 114 valence electrons. The highest BCUT2D eigenvalue weighted by Crippen LogP contribution is 2.14. The molecule has 0 aliphatic carbocycles. The van der Waals surface area contributed by atoms with Gasteiger partial charge in [0.05, 0.1) is 0 Å². The molecule has 5 nitrogen and oxygen atoms in total. The highest BCUT2D eigenvalue weighted by Gasteiger charge is 2.21. The van der Waals surface area contributed by atoms with Gasteiger partial charge in [0.2, 0.25) is 5.91 Å². The lowest BCUT2D eigenvalue weighted by Gasteiger charge is -2.28. The Morgan fingerprint density at radius 2 is 2.10 bits per heavy atom. The molecule has 0 atom stereocenters. The van der Waals surface area contributed by atoms with Crippen molar-refractivity contribution in [2.24, 2.45) is 0 Å². The van der Waals surface area contributed by atoms with E-state index in [1.807, 2.05) is 44.2 Å². The zero-order valence-electron chi connectivity index (χ0n) is 13.1. The Balaban J connectivity index is 2.09. The van der Waals surface area contributed by atoms with Crippen LogP contribution in [0.2, 0.25) is 0 Å². The molecule has 0 radical (unpaired) electrons. The van der Waals surface area contributed by atoms with Crippen LogP contribution in [0.5, 0.6) is 0 Å². The summed E-state index contributed by atoms with van der Waals surface area (Å²) >= 11 is 0. The summed E-state index contributed by atoms with van der Waals surface area (Å²) < 4.78 is 0. The maximum atomic E-state index is 12.7. The molecule has 1 aromatic rings. The summed E-state index contributed by atoms with van der Waals surface area (Å²) in [7, 11) is 4.04. The van der Waals surface area contributed by atoms with E-state index in [9.17, 15) is 4.79 Å². The number of aromatic nitrogens is 1. The van der Waals surface area contributed by atoms with Gasteiger partial charge in [-0.2, -0.15) is 0 Å². The van der Waals surface area contributed by atoms with Crippen molar-refractivity contribution < 1.29 is 4.79 Å². The van der Waals surface area contributed by atoms with Crippen molar-refractivity contribution in [1.82, 2.24) is 20.1 Å². The minimum atomic E-state index is 0.136. The molecule has 1 amide bonds. The van der Waals surface area contributed by atoms with E-state index in [2.05, 4.69) is 15.2 Å². The van der Waals surface area contributed by atoms with Crippen LogP contribution in [0.15, 0.2) is 35.7 Å². The van der Waals surface area contributed by atoms with E-state index in [-0.39, 0.29) is 5.91 Å². The quantitative estimate of drug-likeness (QED) is 0.790. The van der Waals surface area contributed by atoms with Crippen molar-refractivity contribution in [2.45, 2.75) is 13.5 Å². The molecule has 21 heavy (non-hydrogen) atoms. The average Bonchev–Trinajstić information content (AvgIpc) is 2.41. The lowest BCUT2D eigenvalue weighted by molar-refractivity contribution is -0.128. The molecule has 0 unspecified atom stereocenters. The van der Waals surface area contributed by atoms with E-state index in [0.29, 0.717) is 6.54 Å². The summed E-state index contributed by atoms with van der Waals surface area (Å²) in [5.41, 5.74) is 3.17. The minimum Gasteiger partial charge on any atom is -0.333 e. The Bertz CT molecular complexity index is 504. The third-order valence-electron chi connectivity index (χ3n) is 3.73. The van der Waals surface area contributed by atoms with Crippen LogP contribution in [0.3, 0.4) is 0 Å². The summed E-state index contributed by atoms with van der Waals surface area (Å²) in [4.78, 5) is 20.8. The monoisotopic (exact) mass is 288 g/mol. The van der Waals surface area contributed by atoms with Crippen molar-refractivity contribution in [3.8, 4) is 0 Å². The van der Waals surface area contributed by atoms with Gasteiger partial charge in [-0.3, -0.25) is 9.78 Å². The molecule has 1 fully saturated rings. The van der Waals surface area contributed by atoms with Crippen LogP contribution < -0.4 is 5.32 Å². The minimum absolute atomic E-state index is 0.136. The molecule has 2 rings (SSSR count). The van der Waals surface area contributed by atoms with E-state index in [1.165, 1.54) is 5.57 Å². The fourth-order valence-corrected chi connectivity index (χ4v) is 2.19. The van der Waals surface area contributed by atoms with Gasteiger partial charge in [-0.25, -0.2) is 0 Å². The topological polar surface area (TPSA) is 48.5 Å². The highest BCUT2D eigenvalue weighted by molar-refractivity contribution is 5.94. The van der Waals surface area contributed by atoms with E-state index in [1.54, 1.807) is 6.20 Å². The summed E-state index contributed by atoms with van der Waals surface area (Å²) in [6, 6.07) is 3.92. The van der Waals surface area contributed by atoms with Crippen molar-refractivity contribution >= 4 is 5.91 Å². The zero-order chi connectivity index (χ0) is 15.2. The van der Waals surface area contributed by atoms with Gasteiger partial charge in [-0.05, 0) is 38.2 Å². The van der Waals surface area contributed by atoms with Crippen LogP contribution in [0.1, 0.15) is 12.5 Å². The molecule has 1 saturated heterocycles. The number of amides is 1. The fraction of sp³-hybridized carbons (Fsp3) is 0.500. The molecule has 2 heterocycles. The Hall–Kier alpha value is -1.72. The highest BCUT2D eigenvalue weighted by atomic mass is 16.2. The van der Waals surface area contributed by atoms with Crippen molar-refractivity contribution in [2.75, 3.05) is 40.3 Å². The van der Waals surface area contributed by atoms with Gasteiger partial charge < -0.3 is 15.1 Å². The van der Waals surface area contributed by atoms with E-state index in [0.717, 1.165) is 37.3 Å². The predicted octanol–water partition coefficient (Wildman–Crippen LogP) is 0.891. The number of pyridine rings is 1. The number of nitrogens with zero attached hydrogens (tertiary/aromatic N) is 3. The molecule has 1 aliphatic heterocycles. The van der Waals surface area contributed by atoms with E-state index in [4.69, 9.17) is 0 Å². The number of hydrogen-bond acceptors (Lipinski definition) is 4. The number of likely N-dealkylation sites (N-methyl/N-ethyl adjacent to an activating group) is 1. The predicted molar refractivity (Wildman–Crippen MR) is 83.8 cm³/mol. The maximum Gasteiger partial charge on any atom is 0.249 e. The van der Waals surface area contributed by atoms with Crippen molar-refractivity contribution in [3.63, 3.8) is 0 Å². The third kappa shape index (κ3) is 4.37. The van der Waals surface area contributed by atoms with Gasteiger partial charge >= 0.3 is 0 Å². The second-order valence-electron chi connectivity index (χ2n) is 5.72. The lowest BCUT2D eigenvalue weighted by atomic mass is 10.0. The summed E-state index contributed by atoms with van der Waals surface area (Å²) in [6.45, 7) is 5.80. The molecule has 0 spiro atoms. The van der Waals surface area contributed by atoms with Crippen LogP contribution in [-0.4, -0.2) is 61.0 Å². The normalized spacial score (nSPS) is 14.0.